The van der Waals surface area contributed by atoms with E-state index in [9.17, 15) is 0 Å². The van der Waals surface area contributed by atoms with Gasteiger partial charge < -0.3 is 15.1 Å². The number of nitrogens with one attached hydrogen (secondary N) is 2. The van der Waals surface area contributed by atoms with Crippen LogP contribution in [0.2, 0.25) is 0 Å². The highest BCUT2D eigenvalue weighted by molar-refractivity contribution is 5.62. The Morgan fingerprint density at radius 2 is 2.00 bits per heavy atom. The second kappa shape index (κ2) is 7.35. The SMILES string of the molecule is CCCNc1cc(-c2ccc(NCc3cocn3)nc2)ncn1. The van der Waals surface area contributed by atoms with Crippen molar-refractivity contribution >= 4 is 11.6 Å². The summed E-state index contributed by atoms with van der Waals surface area (Å²) in [5, 5.41) is 6.44. The van der Waals surface area contributed by atoms with E-state index < -0.39 is 0 Å². The Bertz CT molecular complexity index is 727. The summed E-state index contributed by atoms with van der Waals surface area (Å²) in [5.74, 6) is 1.60. The molecule has 3 aromatic heterocycles. The molecule has 0 atom stereocenters. The molecule has 0 aliphatic carbocycles. The highest BCUT2D eigenvalue weighted by atomic mass is 16.3. The zero-order valence-electron chi connectivity index (χ0n) is 12.9. The van der Waals surface area contributed by atoms with E-state index in [1.54, 1.807) is 18.8 Å². The largest absolute Gasteiger partial charge is 0.451 e. The van der Waals surface area contributed by atoms with Crippen molar-refractivity contribution in [2.24, 2.45) is 0 Å². The fourth-order valence-corrected chi connectivity index (χ4v) is 2.02. The fraction of sp³-hybridized carbons (Fsp3) is 0.250. The average molecular weight is 310 g/mol. The molecule has 0 spiro atoms. The van der Waals surface area contributed by atoms with Crippen molar-refractivity contribution in [1.82, 2.24) is 19.9 Å². The number of anilines is 2. The van der Waals surface area contributed by atoms with Gasteiger partial charge in [-0.2, -0.15) is 0 Å². The third-order valence-corrected chi connectivity index (χ3v) is 3.22. The summed E-state index contributed by atoms with van der Waals surface area (Å²) in [5.41, 5.74) is 2.62. The van der Waals surface area contributed by atoms with Gasteiger partial charge in [-0.3, -0.25) is 0 Å². The average Bonchev–Trinajstić information content (AvgIpc) is 3.12. The third kappa shape index (κ3) is 4.03. The normalized spacial score (nSPS) is 10.5. The lowest BCUT2D eigenvalue weighted by Crippen LogP contribution is -2.03. The summed E-state index contributed by atoms with van der Waals surface area (Å²) >= 11 is 0. The van der Waals surface area contributed by atoms with Crippen LogP contribution < -0.4 is 10.6 Å². The fourth-order valence-electron chi connectivity index (χ4n) is 2.02. The molecule has 118 valence electrons. The molecule has 0 aliphatic heterocycles. The van der Waals surface area contributed by atoms with E-state index >= 15 is 0 Å². The van der Waals surface area contributed by atoms with Gasteiger partial charge in [0.25, 0.3) is 0 Å². The quantitative estimate of drug-likeness (QED) is 0.693. The maximum absolute atomic E-state index is 4.93. The predicted molar refractivity (Wildman–Crippen MR) is 87.9 cm³/mol. The molecule has 3 aromatic rings. The molecule has 0 bridgehead atoms. The molecule has 23 heavy (non-hydrogen) atoms. The van der Waals surface area contributed by atoms with E-state index in [1.807, 2.05) is 18.2 Å². The van der Waals surface area contributed by atoms with Gasteiger partial charge in [0, 0.05) is 24.4 Å². The minimum atomic E-state index is 0.571. The van der Waals surface area contributed by atoms with Crippen molar-refractivity contribution in [3.05, 3.63) is 49.1 Å². The molecular weight excluding hydrogens is 292 g/mol. The van der Waals surface area contributed by atoms with Crippen molar-refractivity contribution in [3.63, 3.8) is 0 Å². The van der Waals surface area contributed by atoms with Gasteiger partial charge in [0.1, 0.15) is 24.2 Å². The van der Waals surface area contributed by atoms with Gasteiger partial charge in [0.15, 0.2) is 6.39 Å². The first-order valence-electron chi connectivity index (χ1n) is 7.48. The van der Waals surface area contributed by atoms with Crippen LogP contribution in [0.4, 0.5) is 11.6 Å². The standard InChI is InChI=1S/C16H18N6O/c1-2-5-17-16-6-14(20-10-21-16)12-3-4-15(18-7-12)19-8-13-9-23-11-22-13/h3-4,6-7,9-11H,2,5,8H2,1H3,(H,18,19)(H,17,20,21). The number of aromatic nitrogens is 4. The number of rotatable bonds is 7. The number of hydrogen-bond donors (Lipinski definition) is 2. The topological polar surface area (TPSA) is 88.8 Å². The maximum atomic E-state index is 4.93. The summed E-state index contributed by atoms with van der Waals surface area (Å²) in [7, 11) is 0. The van der Waals surface area contributed by atoms with Crippen LogP contribution in [0.3, 0.4) is 0 Å². The van der Waals surface area contributed by atoms with Crippen LogP contribution in [0.5, 0.6) is 0 Å². The highest BCUT2D eigenvalue weighted by Crippen LogP contribution is 2.19. The second-order valence-electron chi connectivity index (χ2n) is 4.98. The van der Waals surface area contributed by atoms with Gasteiger partial charge in [0.2, 0.25) is 0 Å². The van der Waals surface area contributed by atoms with Crippen LogP contribution in [0.25, 0.3) is 11.3 Å². The van der Waals surface area contributed by atoms with Crippen LogP contribution in [-0.4, -0.2) is 26.5 Å². The Morgan fingerprint density at radius 3 is 2.74 bits per heavy atom. The molecule has 0 saturated carbocycles. The smallest absolute Gasteiger partial charge is 0.180 e. The number of nitrogens with zero attached hydrogens (tertiary/aromatic N) is 4. The summed E-state index contributed by atoms with van der Waals surface area (Å²) < 4.78 is 4.93. The summed E-state index contributed by atoms with van der Waals surface area (Å²) in [6, 6.07) is 5.82. The zero-order valence-corrected chi connectivity index (χ0v) is 12.9. The number of pyridine rings is 1. The number of hydrogen-bond acceptors (Lipinski definition) is 7. The maximum Gasteiger partial charge on any atom is 0.180 e. The molecule has 0 fully saturated rings. The van der Waals surface area contributed by atoms with Crippen molar-refractivity contribution in [2.75, 3.05) is 17.2 Å². The first-order chi connectivity index (χ1) is 11.3. The lowest BCUT2D eigenvalue weighted by molar-refractivity contribution is 0.556. The lowest BCUT2D eigenvalue weighted by Gasteiger charge is -2.07. The van der Waals surface area contributed by atoms with Crippen LogP contribution >= 0.6 is 0 Å². The van der Waals surface area contributed by atoms with Crippen LogP contribution in [0.15, 0.2) is 47.8 Å². The molecule has 7 heteroatoms. The minimum absolute atomic E-state index is 0.571. The van der Waals surface area contributed by atoms with Gasteiger partial charge in [-0.15, -0.1) is 0 Å². The molecule has 3 heterocycles. The molecular formula is C16H18N6O. The van der Waals surface area contributed by atoms with Crippen LogP contribution in [-0.2, 0) is 6.54 Å². The van der Waals surface area contributed by atoms with E-state index in [0.29, 0.717) is 6.54 Å². The predicted octanol–water partition coefficient (Wildman–Crippen LogP) is 2.96. The Morgan fingerprint density at radius 1 is 1.04 bits per heavy atom. The molecule has 2 N–H and O–H groups in total. The first kappa shape index (κ1) is 15.0. The lowest BCUT2D eigenvalue weighted by atomic mass is 10.2. The minimum Gasteiger partial charge on any atom is -0.451 e. The summed E-state index contributed by atoms with van der Waals surface area (Å²) in [6.45, 7) is 3.57. The van der Waals surface area contributed by atoms with Gasteiger partial charge in [-0.05, 0) is 18.6 Å². The van der Waals surface area contributed by atoms with Crippen LogP contribution in [0, 0.1) is 0 Å². The van der Waals surface area contributed by atoms with Crippen molar-refractivity contribution < 1.29 is 4.42 Å². The van der Waals surface area contributed by atoms with E-state index in [2.05, 4.69) is 37.5 Å². The van der Waals surface area contributed by atoms with Crippen molar-refractivity contribution in [2.45, 2.75) is 19.9 Å². The second-order valence-corrected chi connectivity index (χ2v) is 4.98. The van der Waals surface area contributed by atoms with Crippen molar-refractivity contribution in [3.8, 4) is 11.3 Å². The zero-order chi connectivity index (χ0) is 15.9. The molecule has 0 saturated heterocycles. The summed E-state index contributed by atoms with van der Waals surface area (Å²) in [4.78, 5) is 17.0. The molecule has 3 rings (SSSR count). The molecule has 0 unspecified atom stereocenters. The highest BCUT2D eigenvalue weighted by Gasteiger charge is 2.03. The van der Waals surface area contributed by atoms with Gasteiger partial charge in [0.05, 0.1) is 17.9 Å². The Labute approximate surface area is 134 Å². The van der Waals surface area contributed by atoms with E-state index in [1.165, 1.54) is 6.39 Å². The first-order valence-corrected chi connectivity index (χ1v) is 7.48. The van der Waals surface area contributed by atoms with Crippen LogP contribution in [0.1, 0.15) is 19.0 Å². The van der Waals surface area contributed by atoms with E-state index in [-0.39, 0.29) is 0 Å². The van der Waals surface area contributed by atoms with E-state index in [4.69, 9.17) is 4.42 Å². The monoisotopic (exact) mass is 310 g/mol. The molecule has 0 radical (unpaired) electrons. The molecule has 7 nitrogen and oxygen atoms in total. The number of oxazole rings is 1. The molecule has 0 amide bonds. The Balaban J connectivity index is 1.66. The molecule has 0 aromatic carbocycles. The van der Waals surface area contributed by atoms with Gasteiger partial charge in [-0.25, -0.2) is 19.9 Å². The Hall–Kier alpha value is -2.96. The molecule has 0 aliphatic rings. The van der Waals surface area contributed by atoms with Crippen molar-refractivity contribution in [1.29, 1.82) is 0 Å². The van der Waals surface area contributed by atoms with Gasteiger partial charge >= 0.3 is 0 Å². The third-order valence-electron chi connectivity index (χ3n) is 3.22. The van der Waals surface area contributed by atoms with E-state index in [0.717, 1.165) is 41.6 Å². The summed E-state index contributed by atoms with van der Waals surface area (Å²) in [6.07, 6.45) is 7.41. The van der Waals surface area contributed by atoms with Gasteiger partial charge in [-0.1, -0.05) is 6.92 Å². The Kier molecular flexibility index (Phi) is 4.78.